The van der Waals surface area contributed by atoms with Crippen LogP contribution in [0.2, 0.25) is 0 Å². The van der Waals surface area contributed by atoms with E-state index < -0.39 is 11.9 Å². The molecular weight excluding hydrogens is 280 g/mol. The van der Waals surface area contributed by atoms with Gasteiger partial charge in [-0.15, -0.1) is 0 Å². The molecule has 0 bridgehead atoms. The first kappa shape index (κ1) is 23.4. The van der Waals surface area contributed by atoms with Crippen molar-refractivity contribution < 1.29 is 28.7 Å². The molecule has 0 spiro atoms. The predicted molar refractivity (Wildman–Crippen MR) is 69.0 cm³/mol. The number of ketones is 2. The molecule has 0 heterocycles. The van der Waals surface area contributed by atoms with Crippen molar-refractivity contribution in [1.29, 1.82) is 0 Å². The van der Waals surface area contributed by atoms with Crippen molar-refractivity contribution in [2.24, 2.45) is 0 Å². The van der Waals surface area contributed by atoms with Crippen LogP contribution in [0.4, 0.5) is 0 Å². The van der Waals surface area contributed by atoms with Gasteiger partial charge in [-0.2, -0.15) is 0 Å². The average Bonchev–Trinajstić information content (AvgIpc) is 2.16. The Balaban J connectivity index is -0.000000256. The molecular formula is C12H18CaO6. The zero-order valence-electron chi connectivity index (χ0n) is 11.7. The van der Waals surface area contributed by atoms with Gasteiger partial charge in [-0.3, -0.25) is 9.59 Å². The second kappa shape index (κ2) is 15.3. The van der Waals surface area contributed by atoms with E-state index >= 15 is 0 Å². The fourth-order valence-electron chi connectivity index (χ4n) is 0.700. The van der Waals surface area contributed by atoms with Crippen LogP contribution in [0.5, 0.6) is 0 Å². The Morgan fingerprint density at radius 3 is 1.21 bits per heavy atom. The summed E-state index contributed by atoms with van der Waals surface area (Å²) in [5, 5.41) is 0. The molecule has 19 heavy (non-hydrogen) atoms. The van der Waals surface area contributed by atoms with Gasteiger partial charge in [0.1, 0.15) is 0 Å². The van der Waals surface area contributed by atoms with Crippen molar-refractivity contribution in [3.8, 4) is 0 Å². The summed E-state index contributed by atoms with van der Waals surface area (Å²) >= 11 is 0. The molecule has 0 radical (unpaired) electrons. The Morgan fingerprint density at radius 1 is 0.789 bits per heavy atom. The molecule has 0 aromatic heterocycles. The Bertz CT molecular complexity index is 271. The maximum Gasteiger partial charge on any atom is 2.00 e. The second-order valence-corrected chi connectivity index (χ2v) is 3.01. The number of hydrogen-bond donors (Lipinski definition) is 0. The molecule has 0 fully saturated rings. The zero-order valence-corrected chi connectivity index (χ0v) is 13.9. The molecule has 0 aliphatic rings. The van der Waals surface area contributed by atoms with E-state index in [0.29, 0.717) is 13.2 Å². The first-order chi connectivity index (χ1) is 8.33. The summed E-state index contributed by atoms with van der Waals surface area (Å²) in [5.74, 6) is -1.70. The summed E-state index contributed by atoms with van der Waals surface area (Å²) in [7, 11) is 0. The van der Waals surface area contributed by atoms with Crippen LogP contribution in [0.1, 0.15) is 27.7 Å². The van der Waals surface area contributed by atoms with Crippen molar-refractivity contribution >= 4 is 61.2 Å². The number of carbonyl (C=O) groups is 4. The summed E-state index contributed by atoms with van der Waals surface area (Å²) in [4.78, 5) is 41.1. The third-order valence-electron chi connectivity index (χ3n) is 1.22. The second-order valence-electron chi connectivity index (χ2n) is 3.01. The van der Waals surface area contributed by atoms with Gasteiger partial charge in [-0.05, 0) is 27.7 Å². The largest absolute Gasteiger partial charge is 2.00 e. The molecule has 6 nitrogen and oxygen atoms in total. The Hall–Kier alpha value is -0.720. The Morgan fingerprint density at radius 2 is 1.05 bits per heavy atom. The van der Waals surface area contributed by atoms with Gasteiger partial charge in [-0.25, -0.2) is 12.8 Å². The quantitative estimate of drug-likeness (QED) is 0.303. The molecule has 0 aromatic carbocycles. The van der Waals surface area contributed by atoms with E-state index in [9.17, 15) is 19.2 Å². The Kier molecular flexibility index (Phi) is 18.9. The average molecular weight is 298 g/mol. The van der Waals surface area contributed by atoms with Crippen LogP contribution in [0.25, 0.3) is 0 Å². The van der Waals surface area contributed by atoms with Gasteiger partial charge >= 0.3 is 37.7 Å². The minimum Gasteiger partial charge on any atom is -0.488 e. The minimum atomic E-state index is -0.565. The van der Waals surface area contributed by atoms with Crippen LogP contribution in [-0.2, 0) is 28.7 Å². The third kappa shape index (κ3) is 22.9. The van der Waals surface area contributed by atoms with Crippen LogP contribution in [0.15, 0.2) is 0 Å². The molecule has 0 saturated carbocycles. The summed E-state index contributed by atoms with van der Waals surface area (Å²) in [6.07, 6.45) is 1.84. The first-order valence-electron chi connectivity index (χ1n) is 5.37. The maximum absolute atomic E-state index is 10.4. The smallest absolute Gasteiger partial charge is 0.488 e. The van der Waals surface area contributed by atoms with Gasteiger partial charge in [0, 0.05) is 11.6 Å². The van der Waals surface area contributed by atoms with Gasteiger partial charge in [0.2, 0.25) is 0 Å². The van der Waals surface area contributed by atoms with Gasteiger partial charge in [0.05, 0.1) is 13.2 Å². The number of esters is 2. The van der Waals surface area contributed by atoms with Gasteiger partial charge in [0.15, 0.2) is 11.9 Å². The van der Waals surface area contributed by atoms with Gasteiger partial charge in [-0.1, -0.05) is 0 Å². The normalized spacial score (nSPS) is 7.79. The molecule has 0 N–H and O–H groups in total. The molecule has 0 aliphatic heterocycles. The topological polar surface area (TPSA) is 86.7 Å². The van der Waals surface area contributed by atoms with E-state index in [1.165, 1.54) is 13.8 Å². The fraction of sp³-hybridized carbons (Fsp3) is 0.500. The molecule has 104 valence electrons. The zero-order chi connectivity index (χ0) is 14.6. The van der Waals surface area contributed by atoms with E-state index in [1.54, 1.807) is 13.8 Å². The number of carbonyl (C=O) groups excluding carboxylic acids is 4. The van der Waals surface area contributed by atoms with E-state index in [-0.39, 0.29) is 49.3 Å². The number of ether oxygens (including phenoxy) is 2. The van der Waals surface area contributed by atoms with E-state index in [1.807, 2.05) is 0 Å². The summed E-state index contributed by atoms with van der Waals surface area (Å²) < 4.78 is 8.87. The molecule has 0 amide bonds. The van der Waals surface area contributed by atoms with Crippen molar-refractivity contribution in [2.75, 3.05) is 13.2 Å². The maximum atomic E-state index is 10.4. The predicted octanol–water partition coefficient (Wildman–Crippen LogP) is 0.305. The first-order valence-corrected chi connectivity index (χ1v) is 5.37. The molecule has 0 saturated heterocycles. The van der Waals surface area contributed by atoms with Crippen molar-refractivity contribution in [3.05, 3.63) is 12.8 Å². The monoisotopic (exact) mass is 298 g/mol. The van der Waals surface area contributed by atoms with Crippen LogP contribution in [0.3, 0.4) is 0 Å². The molecule has 7 heteroatoms. The van der Waals surface area contributed by atoms with E-state index in [4.69, 9.17) is 0 Å². The van der Waals surface area contributed by atoms with Crippen molar-refractivity contribution in [3.63, 3.8) is 0 Å². The van der Waals surface area contributed by atoms with Gasteiger partial charge in [0.25, 0.3) is 0 Å². The number of rotatable bonds is 6. The molecule has 0 rings (SSSR count). The summed E-state index contributed by atoms with van der Waals surface area (Å²) in [5.41, 5.74) is 0. The number of hydrogen-bond acceptors (Lipinski definition) is 6. The fourth-order valence-corrected chi connectivity index (χ4v) is 0.700. The summed E-state index contributed by atoms with van der Waals surface area (Å²) in [6.45, 7) is 6.59. The SMILES string of the molecule is CCOC(=O)[CH-]C(C)=O.CCOC(=O)[CH-]C(C)=O.[Ca+2]. The minimum absolute atomic E-state index is 0. The van der Waals surface area contributed by atoms with Crippen molar-refractivity contribution in [1.82, 2.24) is 0 Å². The van der Waals surface area contributed by atoms with Gasteiger partial charge < -0.3 is 19.1 Å². The van der Waals surface area contributed by atoms with E-state index in [2.05, 4.69) is 9.47 Å². The van der Waals surface area contributed by atoms with E-state index in [0.717, 1.165) is 12.8 Å². The van der Waals surface area contributed by atoms with Crippen LogP contribution >= 0.6 is 0 Å². The Labute approximate surface area is 143 Å². The van der Waals surface area contributed by atoms with Crippen LogP contribution in [-0.4, -0.2) is 74.5 Å². The third-order valence-corrected chi connectivity index (χ3v) is 1.22. The molecule has 0 aromatic rings. The van der Waals surface area contributed by atoms with Crippen molar-refractivity contribution in [2.45, 2.75) is 27.7 Å². The molecule has 0 unspecified atom stereocenters. The molecule has 0 atom stereocenters. The standard InChI is InChI=1S/2C6H9O3.Ca/c2*1-3-9-6(8)4-5(2)7;/h2*4H,3H2,1-2H3;/q2*-1;+2. The molecule has 0 aliphatic carbocycles. The van der Waals surface area contributed by atoms with Crippen LogP contribution in [0, 0.1) is 12.8 Å². The van der Waals surface area contributed by atoms with Crippen LogP contribution < -0.4 is 0 Å². The number of Topliss-reactive ketones (excluding diaryl/α,β-unsaturated/α-hetero) is 2. The summed E-state index contributed by atoms with van der Waals surface area (Å²) in [6, 6.07) is 0.